The summed E-state index contributed by atoms with van der Waals surface area (Å²) in [6.07, 6.45) is 3.29. The molecule has 10 rings (SSSR count). The average Bonchev–Trinajstić information content (AvgIpc) is 3.41. The smallest absolute Gasteiger partial charge is 0.0462 e. The van der Waals surface area contributed by atoms with Crippen LogP contribution in [0.15, 0.2) is 267 Å². The van der Waals surface area contributed by atoms with Gasteiger partial charge >= 0.3 is 0 Å². The van der Waals surface area contributed by atoms with Crippen molar-refractivity contribution in [2.45, 2.75) is 19.3 Å². The first kappa shape index (κ1) is 41.8. The van der Waals surface area contributed by atoms with Gasteiger partial charge in [-0.3, -0.25) is 0 Å². The fourth-order valence-electron chi connectivity index (χ4n) is 8.91. The molecular weight excluding hydrogens is 797 g/mol. The number of hydrogen-bond acceptors (Lipinski definition) is 2. The van der Waals surface area contributed by atoms with Crippen LogP contribution in [0.5, 0.6) is 0 Å². The summed E-state index contributed by atoms with van der Waals surface area (Å²) < 4.78 is 0. The lowest BCUT2D eigenvalue weighted by Gasteiger charge is -2.26. The van der Waals surface area contributed by atoms with Crippen LogP contribution in [0.1, 0.15) is 18.4 Å². The van der Waals surface area contributed by atoms with Crippen molar-refractivity contribution in [3.05, 3.63) is 272 Å². The summed E-state index contributed by atoms with van der Waals surface area (Å²) >= 11 is 0. The fourth-order valence-corrected chi connectivity index (χ4v) is 8.91. The molecule has 0 spiro atoms. The number of unbranched alkanes of at least 4 members (excludes halogenated alkanes) is 1. The Kier molecular flexibility index (Phi) is 12.7. The molecule has 0 unspecified atom stereocenters. The van der Waals surface area contributed by atoms with Gasteiger partial charge in [-0.1, -0.05) is 206 Å². The third-order valence-corrected chi connectivity index (χ3v) is 12.5. The van der Waals surface area contributed by atoms with Crippen molar-refractivity contribution in [1.82, 2.24) is 0 Å². The molecule has 0 saturated carbocycles. The van der Waals surface area contributed by atoms with Crippen LogP contribution < -0.4 is 9.80 Å². The van der Waals surface area contributed by atoms with Crippen molar-refractivity contribution in [2.24, 2.45) is 0 Å². The maximum absolute atomic E-state index is 2.45. The van der Waals surface area contributed by atoms with Crippen LogP contribution in [0.3, 0.4) is 0 Å². The molecule has 0 aliphatic rings. The van der Waals surface area contributed by atoms with Crippen LogP contribution in [0, 0.1) is 0 Å². The highest BCUT2D eigenvalue weighted by molar-refractivity contribution is 5.80. The Labute approximate surface area is 390 Å². The normalized spacial score (nSPS) is 11.0. The molecule has 0 aliphatic heterocycles. The van der Waals surface area contributed by atoms with Crippen molar-refractivity contribution >= 4 is 28.4 Å². The van der Waals surface area contributed by atoms with Gasteiger partial charge in [0.25, 0.3) is 0 Å². The molecule has 2 heteroatoms. The van der Waals surface area contributed by atoms with Gasteiger partial charge in [-0.2, -0.15) is 0 Å². The minimum atomic E-state index is 0.967. The van der Waals surface area contributed by atoms with Gasteiger partial charge in [0.1, 0.15) is 0 Å². The maximum Gasteiger partial charge on any atom is 0.0462 e. The summed E-state index contributed by atoms with van der Waals surface area (Å²) in [5, 5.41) is 0. The van der Waals surface area contributed by atoms with E-state index in [4.69, 9.17) is 0 Å². The third-order valence-electron chi connectivity index (χ3n) is 12.5. The minimum Gasteiger partial charge on any atom is -0.341 e. The van der Waals surface area contributed by atoms with E-state index < -0.39 is 0 Å². The summed E-state index contributed by atoms with van der Waals surface area (Å²) in [4.78, 5) is 4.76. The van der Waals surface area contributed by atoms with Crippen LogP contribution in [-0.2, 0) is 6.42 Å². The highest BCUT2D eigenvalue weighted by atomic mass is 15.1. The quantitative estimate of drug-likeness (QED) is 0.0949. The highest BCUT2D eigenvalue weighted by Crippen LogP contribution is 2.37. The average molecular weight is 849 g/mol. The number of rotatable bonds is 15. The summed E-state index contributed by atoms with van der Waals surface area (Å²) in [6, 6.07) is 96.3. The molecule has 0 N–H and O–H groups in total. The largest absolute Gasteiger partial charge is 0.341 e. The van der Waals surface area contributed by atoms with Crippen LogP contribution in [0.4, 0.5) is 28.4 Å². The van der Waals surface area contributed by atoms with Gasteiger partial charge < -0.3 is 9.80 Å². The zero-order valence-corrected chi connectivity index (χ0v) is 37.1. The molecule has 318 valence electrons. The first-order valence-corrected chi connectivity index (χ1v) is 23.1. The Morgan fingerprint density at radius 1 is 0.212 bits per heavy atom. The van der Waals surface area contributed by atoms with E-state index in [0.29, 0.717) is 0 Å². The molecule has 10 aromatic carbocycles. The molecule has 0 bridgehead atoms. The zero-order chi connectivity index (χ0) is 44.3. The number of aryl methyl sites for hydroxylation is 1. The maximum atomic E-state index is 2.45. The number of para-hydroxylation sites is 2. The van der Waals surface area contributed by atoms with Crippen LogP contribution in [0.2, 0.25) is 0 Å². The Hall–Kier alpha value is -8.20. The monoisotopic (exact) mass is 848 g/mol. The molecule has 0 radical (unpaired) electrons. The van der Waals surface area contributed by atoms with E-state index in [1.165, 1.54) is 72.6 Å². The summed E-state index contributed by atoms with van der Waals surface area (Å²) in [5.74, 6) is 0. The number of nitrogens with zero attached hydrogens (tertiary/aromatic N) is 2. The van der Waals surface area contributed by atoms with Crippen LogP contribution >= 0.6 is 0 Å². The summed E-state index contributed by atoms with van der Waals surface area (Å²) in [7, 11) is 0. The summed E-state index contributed by atoms with van der Waals surface area (Å²) in [5.41, 5.74) is 19.4. The van der Waals surface area contributed by atoms with Gasteiger partial charge in [0.2, 0.25) is 0 Å². The first-order valence-electron chi connectivity index (χ1n) is 23.1. The standard InChI is InChI=1S/C64H52N2/c1-5-16-50(17-6-1)57-36-42-61(43-37-57)65(60-20-9-3-10-21-60)48-14-13-15-49-24-26-52(27-25-49)53-28-30-54(31-29-53)55-32-34-56(35-33-55)59-40-46-64(47-41-59)66(62-22-11-4-12-23-62)63-44-38-58(39-45-63)51-18-7-2-8-19-51/h1-12,16-47H,13-15,48H2. The number of anilines is 5. The Bertz CT molecular complexity index is 3040. The number of benzene rings is 10. The van der Waals surface area contributed by atoms with E-state index in [0.717, 1.165) is 42.9 Å². The second-order valence-corrected chi connectivity index (χ2v) is 16.8. The molecule has 0 heterocycles. The molecule has 0 amide bonds. The van der Waals surface area contributed by atoms with Crippen molar-refractivity contribution in [3.63, 3.8) is 0 Å². The molecule has 0 aliphatic carbocycles. The van der Waals surface area contributed by atoms with Crippen LogP contribution in [-0.4, -0.2) is 6.54 Å². The molecule has 2 nitrogen and oxygen atoms in total. The van der Waals surface area contributed by atoms with E-state index in [1.54, 1.807) is 0 Å². The molecule has 0 atom stereocenters. The van der Waals surface area contributed by atoms with Gasteiger partial charge in [-0.05, 0) is 141 Å². The minimum absolute atomic E-state index is 0.967. The zero-order valence-electron chi connectivity index (χ0n) is 37.1. The van der Waals surface area contributed by atoms with E-state index in [1.807, 2.05) is 0 Å². The second-order valence-electron chi connectivity index (χ2n) is 16.8. The molecule has 0 aromatic heterocycles. The molecule has 66 heavy (non-hydrogen) atoms. The van der Waals surface area contributed by atoms with Gasteiger partial charge in [0.15, 0.2) is 0 Å². The van der Waals surface area contributed by atoms with Crippen molar-refractivity contribution < 1.29 is 0 Å². The molecular formula is C64H52N2. The Balaban J connectivity index is 0.754. The second kappa shape index (κ2) is 20.1. The van der Waals surface area contributed by atoms with E-state index in [-0.39, 0.29) is 0 Å². The van der Waals surface area contributed by atoms with E-state index >= 15 is 0 Å². The van der Waals surface area contributed by atoms with Crippen molar-refractivity contribution in [3.8, 4) is 55.6 Å². The lowest BCUT2D eigenvalue weighted by Crippen LogP contribution is -2.18. The Morgan fingerprint density at radius 3 is 0.848 bits per heavy atom. The third kappa shape index (κ3) is 9.79. The van der Waals surface area contributed by atoms with Gasteiger partial charge in [-0.25, -0.2) is 0 Å². The van der Waals surface area contributed by atoms with E-state index in [9.17, 15) is 0 Å². The van der Waals surface area contributed by atoms with Gasteiger partial charge in [-0.15, -0.1) is 0 Å². The van der Waals surface area contributed by atoms with Gasteiger partial charge in [0, 0.05) is 35.0 Å². The lowest BCUT2D eigenvalue weighted by molar-refractivity contribution is 0.732. The fraction of sp³-hybridized carbons (Fsp3) is 0.0625. The predicted molar refractivity (Wildman–Crippen MR) is 281 cm³/mol. The van der Waals surface area contributed by atoms with Crippen molar-refractivity contribution in [2.75, 3.05) is 16.3 Å². The van der Waals surface area contributed by atoms with E-state index in [2.05, 4.69) is 277 Å². The van der Waals surface area contributed by atoms with Crippen molar-refractivity contribution in [1.29, 1.82) is 0 Å². The molecule has 0 fully saturated rings. The van der Waals surface area contributed by atoms with Gasteiger partial charge in [0.05, 0.1) is 0 Å². The first-order chi connectivity index (χ1) is 32.7. The number of hydrogen-bond donors (Lipinski definition) is 0. The topological polar surface area (TPSA) is 6.48 Å². The highest BCUT2D eigenvalue weighted by Gasteiger charge is 2.14. The Morgan fingerprint density at radius 2 is 0.470 bits per heavy atom. The molecule has 10 aromatic rings. The lowest BCUT2D eigenvalue weighted by atomic mass is 9.97. The summed E-state index contributed by atoms with van der Waals surface area (Å²) in [6.45, 7) is 0.967. The predicted octanol–water partition coefficient (Wildman–Crippen LogP) is 17.7. The molecule has 0 saturated heterocycles. The SMILES string of the molecule is c1ccc(-c2ccc(N(CCCCc3ccc(-c4ccc(-c5ccc(-c6ccc(N(c7ccccc7)c7ccc(-c8ccccc8)cc7)cc6)cc5)cc4)cc3)c3ccccc3)cc2)cc1. The van der Waals surface area contributed by atoms with Crippen LogP contribution in [0.25, 0.3) is 55.6 Å².